The Balaban J connectivity index is 2.42. The van der Waals surface area contributed by atoms with Crippen LogP contribution in [0.15, 0.2) is 6.20 Å². The molecule has 1 unspecified atom stereocenters. The number of aryl methyl sites for hydroxylation is 1. The second-order valence-electron chi connectivity index (χ2n) is 4.22. The van der Waals surface area contributed by atoms with E-state index in [0.717, 1.165) is 23.5 Å². The molecule has 2 rings (SSSR count). The number of aromatic nitrogens is 2. The summed E-state index contributed by atoms with van der Waals surface area (Å²) in [6.45, 7) is 4.01. The Kier molecular flexibility index (Phi) is 2.42. The fourth-order valence-electron chi connectivity index (χ4n) is 1.88. The summed E-state index contributed by atoms with van der Waals surface area (Å²) in [7, 11) is 0. The first-order valence-electron chi connectivity index (χ1n) is 5.18. The van der Waals surface area contributed by atoms with Crippen LogP contribution >= 0.6 is 0 Å². The minimum atomic E-state index is -0.776. The smallest absolute Gasteiger partial charge is 0.312 e. The molecule has 0 saturated heterocycles. The monoisotopic (exact) mass is 206 g/mol. The van der Waals surface area contributed by atoms with Crippen molar-refractivity contribution in [1.82, 2.24) is 9.97 Å². The molecule has 15 heavy (non-hydrogen) atoms. The summed E-state index contributed by atoms with van der Waals surface area (Å²) < 4.78 is 0. The highest BCUT2D eigenvalue weighted by Crippen LogP contribution is 2.31. The Morgan fingerprint density at radius 1 is 1.60 bits per heavy atom. The molecular formula is C11H14N2O2. The molecule has 1 aliphatic carbocycles. The molecule has 0 bridgehead atoms. The molecule has 1 atom stereocenters. The Hall–Kier alpha value is -1.45. The summed E-state index contributed by atoms with van der Waals surface area (Å²) in [4.78, 5) is 19.6. The highest BCUT2D eigenvalue weighted by atomic mass is 16.4. The zero-order valence-electron chi connectivity index (χ0n) is 8.90. The number of carboxylic acid groups (broad SMARTS) is 1. The second-order valence-corrected chi connectivity index (χ2v) is 4.22. The van der Waals surface area contributed by atoms with Crippen molar-refractivity contribution in [3.05, 3.63) is 23.3 Å². The van der Waals surface area contributed by atoms with Gasteiger partial charge in [-0.05, 0) is 18.4 Å². The highest BCUT2D eigenvalue weighted by molar-refractivity contribution is 5.76. The number of nitrogens with zero attached hydrogens (tertiary/aromatic N) is 2. The van der Waals surface area contributed by atoms with Gasteiger partial charge in [-0.1, -0.05) is 13.8 Å². The molecule has 0 fully saturated rings. The summed E-state index contributed by atoms with van der Waals surface area (Å²) in [5.74, 6) is -0.227. The van der Waals surface area contributed by atoms with Crippen molar-refractivity contribution in [2.75, 3.05) is 0 Å². The van der Waals surface area contributed by atoms with Gasteiger partial charge in [-0.2, -0.15) is 0 Å². The third kappa shape index (κ3) is 1.71. The first kappa shape index (κ1) is 10.1. The van der Waals surface area contributed by atoms with E-state index in [1.165, 1.54) is 0 Å². The number of aliphatic carboxylic acids is 1. The van der Waals surface area contributed by atoms with Crippen LogP contribution in [-0.4, -0.2) is 21.0 Å². The standard InChI is InChI=1S/C11H14N2O2/c1-6(2)10-12-5-7-3-4-8(11(14)15)9(7)13-10/h5-6,8H,3-4H2,1-2H3,(H,14,15). The van der Waals surface area contributed by atoms with Gasteiger partial charge < -0.3 is 5.11 Å². The van der Waals surface area contributed by atoms with Gasteiger partial charge in [-0.25, -0.2) is 9.97 Å². The van der Waals surface area contributed by atoms with E-state index in [1.807, 2.05) is 13.8 Å². The van der Waals surface area contributed by atoms with Gasteiger partial charge in [0, 0.05) is 12.1 Å². The van der Waals surface area contributed by atoms with Crippen molar-refractivity contribution in [3.63, 3.8) is 0 Å². The van der Waals surface area contributed by atoms with Crippen molar-refractivity contribution < 1.29 is 9.90 Å². The summed E-state index contributed by atoms with van der Waals surface area (Å²) in [5, 5.41) is 9.03. The molecule has 0 aliphatic heterocycles. The number of hydrogen-bond acceptors (Lipinski definition) is 3. The first-order chi connectivity index (χ1) is 7.09. The fourth-order valence-corrected chi connectivity index (χ4v) is 1.88. The van der Waals surface area contributed by atoms with Gasteiger partial charge in [0.15, 0.2) is 0 Å². The molecule has 80 valence electrons. The van der Waals surface area contributed by atoms with Crippen LogP contribution in [0.25, 0.3) is 0 Å². The summed E-state index contributed by atoms with van der Waals surface area (Å²) >= 11 is 0. The minimum absolute atomic E-state index is 0.241. The van der Waals surface area contributed by atoms with Crippen molar-refractivity contribution in [1.29, 1.82) is 0 Å². The van der Waals surface area contributed by atoms with Gasteiger partial charge in [0.25, 0.3) is 0 Å². The van der Waals surface area contributed by atoms with E-state index in [4.69, 9.17) is 5.11 Å². The molecule has 1 heterocycles. The van der Waals surface area contributed by atoms with Crippen molar-refractivity contribution >= 4 is 5.97 Å². The summed E-state index contributed by atoms with van der Waals surface area (Å²) in [6.07, 6.45) is 3.21. The molecule has 4 heteroatoms. The van der Waals surface area contributed by atoms with Gasteiger partial charge >= 0.3 is 5.97 Å². The lowest BCUT2D eigenvalue weighted by atomic mass is 10.1. The maximum atomic E-state index is 11.0. The lowest BCUT2D eigenvalue weighted by Crippen LogP contribution is -2.11. The van der Waals surface area contributed by atoms with Crippen molar-refractivity contribution in [3.8, 4) is 0 Å². The SMILES string of the molecule is CC(C)c1ncc2c(n1)C(C(=O)O)CC2. The summed E-state index contributed by atoms with van der Waals surface area (Å²) in [5.41, 5.74) is 1.72. The minimum Gasteiger partial charge on any atom is -0.481 e. The van der Waals surface area contributed by atoms with Crippen LogP contribution in [0, 0.1) is 0 Å². The predicted molar refractivity (Wildman–Crippen MR) is 54.8 cm³/mol. The molecule has 4 nitrogen and oxygen atoms in total. The maximum Gasteiger partial charge on any atom is 0.312 e. The predicted octanol–water partition coefficient (Wildman–Crippen LogP) is 1.71. The van der Waals surface area contributed by atoms with Gasteiger partial charge in [0.1, 0.15) is 5.82 Å². The lowest BCUT2D eigenvalue weighted by molar-refractivity contribution is -0.138. The summed E-state index contributed by atoms with van der Waals surface area (Å²) in [6, 6.07) is 0. The molecule has 0 radical (unpaired) electrons. The molecule has 1 N–H and O–H groups in total. The topological polar surface area (TPSA) is 63.1 Å². The van der Waals surface area contributed by atoms with E-state index in [9.17, 15) is 4.79 Å². The molecule has 0 amide bonds. The Morgan fingerprint density at radius 3 is 2.93 bits per heavy atom. The van der Waals surface area contributed by atoms with Gasteiger partial charge in [0.05, 0.1) is 11.6 Å². The van der Waals surface area contributed by atoms with Crippen molar-refractivity contribution in [2.24, 2.45) is 0 Å². The number of carbonyl (C=O) groups is 1. The van der Waals surface area contributed by atoms with Crippen LogP contribution < -0.4 is 0 Å². The normalized spacial score (nSPS) is 19.3. The lowest BCUT2D eigenvalue weighted by Gasteiger charge is -2.08. The van der Waals surface area contributed by atoms with Crippen LogP contribution in [-0.2, 0) is 11.2 Å². The highest BCUT2D eigenvalue weighted by Gasteiger charge is 2.30. The number of hydrogen-bond donors (Lipinski definition) is 1. The van der Waals surface area contributed by atoms with E-state index in [-0.39, 0.29) is 5.92 Å². The van der Waals surface area contributed by atoms with E-state index in [1.54, 1.807) is 6.20 Å². The third-order valence-corrected chi connectivity index (χ3v) is 2.76. The Labute approximate surface area is 88.4 Å². The molecular weight excluding hydrogens is 192 g/mol. The number of rotatable bonds is 2. The van der Waals surface area contributed by atoms with E-state index in [0.29, 0.717) is 6.42 Å². The van der Waals surface area contributed by atoms with Gasteiger partial charge in [0.2, 0.25) is 0 Å². The van der Waals surface area contributed by atoms with Crippen molar-refractivity contribution in [2.45, 2.75) is 38.5 Å². The zero-order valence-corrected chi connectivity index (χ0v) is 8.90. The van der Waals surface area contributed by atoms with Gasteiger partial charge in [-0.15, -0.1) is 0 Å². The van der Waals surface area contributed by atoms with Crippen LogP contribution in [0.5, 0.6) is 0 Å². The third-order valence-electron chi connectivity index (χ3n) is 2.76. The quantitative estimate of drug-likeness (QED) is 0.800. The van der Waals surface area contributed by atoms with Crippen LogP contribution in [0.1, 0.15) is 49.2 Å². The average molecular weight is 206 g/mol. The molecule has 1 aromatic heterocycles. The van der Waals surface area contributed by atoms with E-state index >= 15 is 0 Å². The largest absolute Gasteiger partial charge is 0.481 e. The first-order valence-corrected chi connectivity index (χ1v) is 5.18. The molecule has 0 spiro atoms. The Bertz CT molecular complexity index is 402. The Morgan fingerprint density at radius 2 is 2.33 bits per heavy atom. The second kappa shape index (κ2) is 3.61. The van der Waals surface area contributed by atoms with E-state index < -0.39 is 11.9 Å². The van der Waals surface area contributed by atoms with Crippen LogP contribution in [0.2, 0.25) is 0 Å². The number of fused-ring (bicyclic) bond motifs is 1. The molecule has 1 aromatic rings. The zero-order chi connectivity index (χ0) is 11.0. The number of carboxylic acids is 1. The molecule has 0 saturated carbocycles. The van der Waals surface area contributed by atoms with E-state index in [2.05, 4.69) is 9.97 Å². The molecule has 0 aromatic carbocycles. The van der Waals surface area contributed by atoms with Crippen LogP contribution in [0.3, 0.4) is 0 Å². The van der Waals surface area contributed by atoms with Crippen LogP contribution in [0.4, 0.5) is 0 Å². The van der Waals surface area contributed by atoms with Gasteiger partial charge in [-0.3, -0.25) is 4.79 Å². The average Bonchev–Trinajstić information content (AvgIpc) is 2.59. The fraction of sp³-hybridized carbons (Fsp3) is 0.545. The molecule has 1 aliphatic rings. The maximum absolute atomic E-state index is 11.0.